The molecule has 0 radical (unpaired) electrons. The van der Waals surface area contributed by atoms with Crippen molar-refractivity contribution >= 4 is 16.6 Å². The van der Waals surface area contributed by atoms with Crippen LogP contribution < -0.4 is 5.32 Å². The van der Waals surface area contributed by atoms with Gasteiger partial charge in [0.25, 0.3) is 0 Å². The second-order valence-corrected chi connectivity index (χ2v) is 4.09. The number of rotatable bonds is 2. The first-order valence-corrected chi connectivity index (χ1v) is 5.70. The minimum absolute atomic E-state index is 0.256. The van der Waals surface area contributed by atoms with Crippen molar-refractivity contribution in [1.29, 1.82) is 0 Å². The highest BCUT2D eigenvalue weighted by molar-refractivity contribution is 5.94. The predicted molar refractivity (Wildman–Crippen MR) is 71.0 cm³/mol. The molecule has 0 fully saturated rings. The fourth-order valence-corrected chi connectivity index (χ4v) is 2.03. The summed E-state index contributed by atoms with van der Waals surface area (Å²) in [5, 5.41) is 11.3. The zero-order valence-electron chi connectivity index (χ0n) is 9.87. The Balaban J connectivity index is 2.22. The van der Waals surface area contributed by atoms with Crippen molar-refractivity contribution in [3.63, 3.8) is 0 Å². The van der Waals surface area contributed by atoms with Gasteiger partial charge in [-0.1, -0.05) is 12.1 Å². The van der Waals surface area contributed by atoms with E-state index >= 15 is 0 Å². The van der Waals surface area contributed by atoms with Gasteiger partial charge in [-0.3, -0.25) is 5.10 Å². The Morgan fingerprint density at radius 2 is 2.06 bits per heavy atom. The monoisotopic (exact) mass is 241 g/mol. The van der Waals surface area contributed by atoms with E-state index in [2.05, 4.69) is 15.5 Å². The quantitative estimate of drug-likeness (QED) is 0.721. The highest BCUT2D eigenvalue weighted by atomic mass is 19.1. The lowest BCUT2D eigenvalue weighted by atomic mass is 10.1. The number of hydrogen-bond donors (Lipinski definition) is 2. The third kappa shape index (κ3) is 1.72. The third-order valence-corrected chi connectivity index (χ3v) is 2.95. The maximum atomic E-state index is 13.3. The van der Waals surface area contributed by atoms with E-state index in [1.54, 1.807) is 6.07 Å². The minimum Gasteiger partial charge on any atom is -0.388 e. The highest BCUT2D eigenvalue weighted by Gasteiger charge is 2.09. The molecule has 3 rings (SSSR count). The van der Waals surface area contributed by atoms with Gasteiger partial charge in [-0.15, -0.1) is 0 Å². The fraction of sp³-hybridized carbons (Fsp3) is 0.0714. The first-order valence-electron chi connectivity index (χ1n) is 5.70. The molecular weight excluding hydrogens is 229 g/mol. The maximum Gasteiger partial charge on any atom is 0.123 e. The Kier molecular flexibility index (Phi) is 2.48. The Morgan fingerprint density at radius 1 is 1.17 bits per heavy atom. The molecule has 0 unspecified atom stereocenters. The predicted octanol–water partition coefficient (Wildman–Crippen LogP) is 3.41. The molecule has 0 spiro atoms. The van der Waals surface area contributed by atoms with Gasteiger partial charge in [0.15, 0.2) is 0 Å². The average Bonchev–Trinajstić information content (AvgIpc) is 2.81. The smallest absolute Gasteiger partial charge is 0.123 e. The Bertz CT molecular complexity index is 703. The molecule has 2 N–H and O–H groups in total. The topological polar surface area (TPSA) is 40.7 Å². The van der Waals surface area contributed by atoms with Crippen molar-refractivity contribution in [1.82, 2.24) is 10.2 Å². The van der Waals surface area contributed by atoms with Crippen LogP contribution >= 0.6 is 0 Å². The maximum absolute atomic E-state index is 13.3. The average molecular weight is 241 g/mol. The van der Waals surface area contributed by atoms with Gasteiger partial charge >= 0.3 is 0 Å². The zero-order chi connectivity index (χ0) is 12.5. The van der Waals surface area contributed by atoms with Gasteiger partial charge in [0.2, 0.25) is 0 Å². The molecule has 3 aromatic rings. The van der Waals surface area contributed by atoms with E-state index in [4.69, 9.17) is 0 Å². The van der Waals surface area contributed by atoms with Crippen LogP contribution in [-0.4, -0.2) is 17.2 Å². The normalized spacial score (nSPS) is 10.8. The molecule has 0 saturated heterocycles. The number of fused-ring (bicyclic) bond motifs is 1. The molecule has 0 bridgehead atoms. The summed E-state index contributed by atoms with van der Waals surface area (Å²) in [4.78, 5) is 0. The van der Waals surface area contributed by atoms with Crippen molar-refractivity contribution < 1.29 is 4.39 Å². The number of hydrogen-bond acceptors (Lipinski definition) is 2. The second kappa shape index (κ2) is 4.14. The lowest BCUT2D eigenvalue weighted by molar-refractivity contribution is 0.628. The van der Waals surface area contributed by atoms with Crippen LogP contribution in [0.2, 0.25) is 0 Å². The number of halogens is 1. The number of nitrogens with zero attached hydrogens (tertiary/aromatic N) is 1. The summed E-state index contributed by atoms with van der Waals surface area (Å²) in [5.74, 6) is -0.256. The summed E-state index contributed by atoms with van der Waals surface area (Å²) in [7, 11) is 1.86. The zero-order valence-corrected chi connectivity index (χ0v) is 9.87. The Labute approximate surface area is 104 Å². The van der Waals surface area contributed by atoms with Crippen LogP contribution in [0.1, 0.15) is 0 Å². The molecule has 1 aromatic heterocycles. The molecule has 0 aliphatic carbocycles. The number of benzene rings is 2. The second-order valence-electron chi connectivity index (χ2n) is 4.09. The van der Waals surface area contributed by atoms with Crippen LogP contribution in [-0.2, 0) is 0 Å². The Morgan fingerprint density at radius 3 is 2.83 bits per heavy atom. The lowest BCUT2D eigenvalue weighted by Crippen LogP contribution is -1.86. The molecule has 1 heterocycles. The molecule has 90 valence electrons. The van der Waals surface area contributed by atoms with E-state index in [0.717, 1.165) is 27.8 Å². The number of nitrogens with one attached hydrogen (secondary N) is 2. The van der Waals surface area contributed by atoms with Crippen molar-refractivity contribution in [3.05, 3.63) is 48.3 Å². The van der Waals surface area contributed by atoms with Crippen LogP contribution in [0.3, 0.4) is 0 Å². The number of aromatic amines is 1. The van der Waals surface area contributed by atoms with E-state index in [1.807, 2.05) is 31.3 Å². The standard InChI is InChI=1S/C14H12FN3/c1-16-11-5-6-13-12(8-11)14(18-17-13)9-3-2-4-10(15)7-9/h2-8,16H,1H3,(H,17,18). The summed E-state index contributed by atoms with van der Waals surface area (Å²) in [6.07, 6.45) is 0. The summed E-state index contributed by atoms with van der Waals surface area (Å²) >= 11 is 0. The van der Waals surface area contributed by atoms with Crippen LogP contribution in [0, 0.1) is 5.82 Å². The van der Waals surface area contributed by atoms with E-state index in [0.29, 0.717) is 0 Å². The number of aromatic nitrogens is 2. The first kappa shape index (κ1) is 10.8. The SMILES string of the molecule is CNc1ccc2[nH]nc(-c3cccc(F)c3)c2c1. The number of H-pyrrole nitrogens is 1. The summed E-state index contributed by atoms with van der Waals surface area (Å²) in [5.41, 5.74) is 3.48. The lowest BCUT2D eigenvalue weighted by Gasteiger charge is -2.01. The van der Waals surface area contributed by atoms with Crippen LogP contribution in [0.5, 0.6) is 0 Å². The molecule has 4 heteroatoms. The van der Waals surface area contributed by atoms with Gasteiger partial charge in [-0.25, -0.2) is 4.39 Å². The van der Waals surface area contributed by atoms with Crippen molar-refractivity contribution in [2.45, 2.75) is 0 Å². The Hall–Kier alpha value is -2.36. The van der Waals surface area contributed by atoms with E-state index in [1.165, 1.54) is 12.1 Å². The van der Waals surface area contributed by atoms with Gasteiger partial charge < -0.3 is 5.32 Å². The van der Waals surface area contributed by atoms with E-state index in [9.17, 15) is 4.39 Å². The molecule has 0 aliphatic heterocycles. The largest absolute Gasteiger partial charge is 0.388 e. The fourth-order valence-electron chi connectivity index (χ4n) is 2.03. The molecule has 0 atom stereocenters. The molecule has 2 aromatic carbocycles. The molecule has 0 aliphatic rings. The molecule has 3 nitrogen and oxygen atoms in total. The highest BCUT2D eigenvalue weighted by Crippen LogP contribution is 2.28. The number of anilines is 1. The first-order chi connectivity index (χ1) is 8.78. The van der Waals surface area contributed by atoms with Crippen LogP contribution in [0.4, 0.5) is 10.1 Å². The van der Waals surface area contributed by atoms with E-state index < -0.39 is 0 Å². The summed E-state index contributed by atoms with van der Waals surface area (Å²) < 4.78 is 13.3. The van der Waals surface area contributed by atoms with Crippen molar-refractivity contribution in [2.24, 2.45) is 0 Å². The van der Waals surface area contributed by atoms with Crippen LogP contribution in [0.15, 0.2) is 42.5 Å². The van der Waals surface area contributed by atoms with Gasteiger partial charge in [-0.2, -0.15) is 5.10 Å². The molecule has 0 saturated carbocycles. The van der Waals surface area contributed by atoms with E-state index in [-0.39, 0.29) is 5.82 Å². The third-order valence-electron chi connectivity index (χ3n) is 2.95. The molecule has 18 heavy (non-hydrogen) atoms. The van der Waals surface area contributed by atoms with Gasteiger partial charge in [0, 0.05) is 23.7 Å². The van der Waals surface area contributed by atoms with Gasteiger partial charge in [0.05, 0.1) is 5.52 Å². The summed E-state index contributed by atoms with van der Waals surface area (Å²) in [6, 6.07) is 12.4. The van der Waals surface area contributed by atoms with Crippen LogP contribution in [0.25, 0.3) is 22.2 Å². The van der Waals surface area contributed by atoms with Gasteiger partial charge in [0.1, 0.15) is 11.5 Å². The van der Waals surface area contributed by atoms with Crippen molar-refractivity contribution in [3.8, 4) is 11.3 Å². The molecule has 0 amide bonds. The van der Waals surface area contributed by atoms with Crippen molar-refractivity contribution in [2.75, 3.05) is 12.4 Å². The van der Waals surface area contributed by atoms with Gasteiger partial charge in [-0.05, 0) is 30.3 Å². The molecular formula is C14H12FN3. The minimum atomic E-state index is -0.256. The summed E-state index contributed by atoms with van der Waals surface area (Å²) in [6.45, 7) is 0.